The molecule has 12 heavy (non-hydrogen) atoms. The highest BCUT2D eigenvalue weighted by Gasteiger charge is 2.34. The van der Waals surface area contributed by atoms with Gasteiger partial charge in [-0.25, -0.2) is 0 Å². The molecule has 0 aromatic heterocycles. The molecule has 2 nitrogen and oxygen atoms in total. The Hall–Kier alpha value is -0.530. The van der Waals surface area contributed by atoms with Crippen LogP contribution in [0.3, 0.4) is 0 Å². The van der Waals surface area contributed by atoms with E-state index in [9.17, 15) is 4.79 Å². The third-order valence-electron chi connectivity index (χ3n) is 2.89. The Morgan fingerprint density at radius 2 is 1.67 bits per heavy atom. The van der Waals surface area contributed by atoms with Crippen LogP contribution in [0.1, 0.15) is 45.4 Å². The first-order chi connectivity index (χ1) is 5.69. The number of hydrogen-bond donors (Lipinski definition) is 0. The number of rotatable bonds is 1. The number of carbonyl (C=O) groups excluding carboxylic acids is 1. The Morgan fingerprint density at radius 3 is 2.08 bits per heavy atom. The Morgan fingerprint density at radius 1 is 1.17 bits per heavy atom. The van der Waals surface area contributed by atoms with E-state index in [0.29, 0.717) is 0 Å². The van der Waals surface area contributed by atoms with E-state index in [4.69, 9.17) is 4.74 Å². The second kappa shape index (κ2) is 3.92. The molecule has 0 unspecified atom stereocenters. The quantitative estimate of drug-likeness (QED) is 0.446. The van der Waals surface area contributed by atoms with Crippen molar-refractivity contribution in [3.05, 3.63) is 0 Å². The molecule has 0 aromatic carbocycles. The largest absolute Gasteiger partial charge is 0.469 e. The fourth-order valence-electron chi connectivity index (χ4n) is 1.96. The minimum atomic E-state index is -0.189. The topological polar surface area (TPSA) is 26.3 Å². The Kier molecular flexibility index (Phi) is 3.12. The van der Waals surface area contributed by atoms with Crippen LogP contribution < -0.4 is 0 Å². The third-order valence-corrected chi connectivity index (χ3v) is 2.89. The van der Waals surface area contributed by atoms with Crippen LogP contribution in [-0.4, -0.2) is 13.1 Å². The molecule has 1 rings (SSSR count). The van der Waals surface area contributed by atoms with E-state index in [1.165, 1.54) is 32.8 Å². The van der Waals surface area contributed by atoms with Crippen molar-refractivity contribution < 1.29 is 9.53 Å². The second-order valence-electron chi connectivity index (χ2n) is 3.97. The van der Waals surface area contributed by atoms with Crippen LogP contribution in [0.5, 0.6) is 0 Å². The zero-order valence-electron chi connectivity index (χ0n) is 8.06. The van der Waals surface area contributed by atoms with Gasteiger partial charge in [0, 0.05) is 0 Å². The van der Waals surface area contributed by atoms with Crippen LogP contribution in [0.25, 0.3) is 0 Å². The average Bonchev–Trinajstić information content (AvgIpc) is 2.29. The SMILES string of the molecule is COC(=O)C1(C)CCCCCC1. The summed E-state index contributed by atoms with van der Waals surface area (Å²) in [5.74, 6) is -0.0237. The summed E-state index contributed by atoms with van der Waals surface area (Å²) in [6.07, 6.45) is 6.88. The lowest BCUT2D eigenvalue weighted by molar-refractivity contribution is -0.152. The summed E-state index contributed by atoms with van der Waals surface area (Å²) in [4.78, 5) is 11.4. The molecule has 0 bridgehead atoms. The number of hydrogen-bond acceptors (Lipinski definition) is 2. The molecule has 0 spiro atoms. The van der Waals surface area contributed by atoms with Crippen molar-refractivity contribution in [1.29, 1.82) is 0 Å². The Labute approximate surface area is 74.3 Å². The molecule has 1 fully saturated rings. The van der Waals surface area contributed by atoms with Gasteiger partial charge in [0.05, 0.1) is 12.5 Å². The average molecular weight is 170 g/mol. The highest BCUT2D eigenvalue weighted by molar-refractivity contribution is 5.76. The lowest BCUT2D eigenvalue weighted by atomic mass is 9.83. The molecule has 0 amide bonds. The molecule has 1 aliphatic carbocycles. The number of methoxy groups -OCH3 is 1. The Bertz CT molecular complexity index is 155. The van der Waals surface area contributed by atoms with Crippen LogP contribution in [0.15, 0.2) is 0 Å². The van der Waals surface area contributed by atoms with Gasteiger partial charge in [0.1, 0.15) is 0 Å². The monoisotopic (exact) mass is 170 g/mol. The van der Waals surface area contributed by atoms with Crippen molar-refractivity contribution in [2.24, 2.45) is 5.41 Å². The fraction of sp³-hybridized carbons (Fsp3) is 0.900. The zero-order valence-corrected chi connectivity index (χ0v) is 8.06. The van der Waals surface area contributed by atoms with Gasteiger partial charge in [-0.2, -0.15) is 0 Å². The van der Waals surface area contributed by atoms with E-state index in [1.54, 1.807) is 0 Å². The van der Waals surface area contributed by atoms with Crippen molar-refractivity contribution in [2.45, 2.75) is 45.4 Å². The predicted octanol–water partition coefficient (Wildman–Crippen LogP) is 2.52. The standard InChI is InChI=1S/C10H18O2/c1-10(9(11)12-2)7-5-3-4-6-8-10/h3-8H2,1-2H3. The molecular weight excluding hydrogens is 152 g/mol. The molecule has 0 aromatic rings. The summed E-state index contributed by atoms with van der Waals surface area (Å²) < 4.78 is 4.81. The summed E-state index contributed by atoms with van der Waals surface area (Å²) >= 11 is 0. The van der Waals surface area contributed by atoms with Gasteiger partial charge in [-0.1, -0.05) is 25.7 Å². The lowest BCUT2D eigenvalue weighted by Crippen LogP contribution is -2.28. The second-order valence-corrected chi connectivity index (χ2v) is 3.97. The molecule has 0 heterocycles. The smallest absolute Gasteiger partial charge is 0.311 e. The van der Waals surface area contributed by atoms with Crippen molar-refractivity contribution in [3.63, 3.8) is 0 Å². The minimum Gasteiger partial charge on any atom is -0.469 e. The molecule has 2 heteroatoms. The van der Waals surface area contributed by atoms with E-state index in [2.05, 4.69) is 0 Å². The number of ether oxygens (including phenoxy) is 1. The highest BCUT2D eigenvalue weighted by Crippen LogP contribution is 2.35. The number of carbonyl (C=O) groups is 1. The molecule has 0 aliphatic heterocycles. The normalized spacial score (nSPS) is 22.8. The van der Waals surface area contributed by atoms with Crippen LogP contribution in [0.2, 0.25) is 0 Å². The van der Waals surface area contributed by atoms with Crippen molar-refractivity contribution in [2.75, 3.05) is 7.11 Å². The van der Waals surface area contributed by atoms with Crippen LogP contribution in [-0.2, 0) is 9.53 Å². The first-order valence-corrected chi connectivity index (χ1v) is 4.77. The van der Waals surface area contributed by atoms with Gasteiger partial charge in [0.15, 0.2) is 0 Å². The van der Waals surface area contributed by atoms with Gasteiger partial charge >= 0.3 is 5.97 Å². The maximum atomic E-state index is 11.4. The summed E-state index contributed by atoms with van der Waals surface area (Å²) in [6.45, 7) is 2.03. The molecule has 1 saturated carbocycles. The molecule has 0 N–H and O–H groups in total. The van der Waals surface area contributed by atoms with Gasteiger partial charge in [0.25, 0.3) is 0 Å². The highest BCUT2D eigenvalue weighted by atomic mass is 16.5. The maximum absolute atomic E-state index is 11.4. The van der Waals surface area contributed by atoms with Crippen LogP contribution in [0.4, 0.5) is 0 Å². The minimum absolute atomic E-state index is 0.0237. The molecule has 0 saturated heterocycles. The first kappa shape index (κ1) is 9.56. The van der Waals surface area contributed by atoms with Gasteiger partial charge in [-0.3, -0.25) is 4.79 Å². The first-order valence-electron chi connectivity index (χ1n) is 4.77. The summed E-state index contributed by atoms with van der Waals surface area (Å²) in [5, 5.41) is 0. The van der Waals surface area contributed by atoms with Crippen LogP contribution in [0, 0.1) is 5.41 Å². The summed E-state index contributed by atoms with van der Waals surface area (Å²) in [5.41, 5.74) is -0.189. The number of esters is 1. The maximum Gasteiger partial charge on any atom is 0.311 e. The zero-order chi connectivity index (χ0) is 9.03. The predicted molar refractivity (Wildman–Crippen MR) is 47.8 cm³/mol. The van der Waals surface area contributed by atoms with Crippen molar-refractivity contribution in [1.82, 2.24) is 0 Å². The van der Waals surface area contributed by atoms with Gasteiger partial charge in [-0.05, 0) is 19.8 Å². The van der Waals surface area contributed by atoms with Gasteiger partial charge < -0.3 is 4.74 Å². The van der Waals surface area contributed by atoms with E-state index >= 15 is 0 Å². The third kappa shape index (κ3) is 1.99. The van der Waals surface area contributed by atoms with E-state index in [0.717, 1.165) is 12.8 Å². The molecule has 0 atom stereocenters. The molecule has 0 radical (unpaired) electrons. The van der Waals surface area contributed by atoms with Crippen molar-refractivity contribution >= 4 is 5.97 Å². The molecule has 70 valence electrons. The van der Waals surface area contributed by atoms with E-state index < -0.39 is 0 Å². The van der Waals surface area contributed by atoms with Crippen molar-refractivity contribution in [3.8, 4) is 0 Å². The Balaban J connectivity index is 2.59. The lowest BCUT2D eigenvalue weighted by Gasteiger charge is -2.24. The van der Waals surface area contributed by atoms with Gasteiger partial charge in [-0.15, -0.1) is 0 Å². The molecular formula is C10H18O2. The van der Waals surface area contributed by atoms with E-state index in [-0.39, 0.29) is 11.4 Å². The van der Waals surface area contributed by atoms with E-state index in [1.807, 2.05) is 6.92 Å². The van der Waals surface area contributed by atoms with Crippen LogP contribution >= 0.6 is 0 Å². The fourth-order valence-corrected chi connectivity index (χ4v) is 1.96. The summed E-state index contributed by atoms with van der Waals surface area (Å²) in [6, 6.07) is 0. The van der Waals surface area contributed by atoms with Gasteiger partial charge in [0.2, 0.25) is 0 Å². The summed E-state index contributed by atoms with van der Waals surface area (Å²) in [7, 11) is 1.48. The molecule has 1 aliphatic rings.